The second kappa shape index (κ2) is 11.3. The van der Waals surface area contributed by atoms with Crippen LogP contribution in [0.4, 0.5) is 21.5 Å². The summed E-state index contributed by atoms with van der Waals surface area (Å²) in [5.74, 6) is -0.791. The molecule has 0 unspecified atom stereocenters. The van der Waals surface area contributed by atoms with Gasteiger partial charge in [-0.1, -0.05) is 24.3 Å². The molecule has 0 radical (unpaired) electrons. The van der Waals surface area contributed by atoms with E-state index in [0.29, 0.717) is 5.92 Å². The summed E-state index contributed by atoms with van der Waals surface area (Å²) in [6.07, 6.45) is 1.95. The number of hydrogen-bond acceptors (Lipinski definition) is 7. The molecule has 4 rings (SSSR count). The molecule has 0 spiro atoms. The van der Waals surface area contributed by atoms with Crippen molar-refractivity contribution in [3.8, 4) is 0 Å². The van der Waals surface area contributed by atoms with Crippen LogP contribution >= 0.6 is 0 Å². The van der Waals surface area contributed by atoms with Crippen LogP contribution in [0.2, 0.25) is 0 Å². The molecule has 1 heterocycles. The van der Waals surface area contributed by atoms with Crippen LogP contribution in [0.3, 0.4) is 0 Å². The van der Waals surface area contributed by atoms with Gasteiger partial charge in [-0.3, -0.25) is 25.0 Å². The van der Waals surface area contributed by atoms with Gasteiger partial charge in [-0.2, -0.15) is 0 Å². The topological polar surface area (TPSA) is 145 Å². The van der Waals surface area contributed by atoms with Gasteiger partial charge in [0.05, 0.1) is 21.5 Å². The average molecular weight is 505 g/mol. The summed E-state index contributed by atoms with van der Waals surface area (Å²) >= 11 is 0. The third-order valence-electron chi connectivity index (χ3n) is 6.16. The van der Waals surface area contributed by atoms with Gasteiger partial charge in [-0.05, 0) is 54.2 Å². The van der Waals surface area contributed by atoms with Gasteiger partial charge in [0.15, 0.2) is 0 Å². The summed E-state index contributed by atoms with van der Waals surface area (Å²) in [6.45, 7) is 1.93. The molecular weight excluding hydrogens is 483 g/mol. The van der Waals surface area contributed by atoms with Crippen molar-refractivity contribution < 1.29 is 19.0 Å². The van der Waals surface area contributed by atoms with Gasteiger partial charge in [0.25, 0.3) is 11.4 Å². The van der Waals surface area contributed by atoms with E-state index in [0.717, 1.165) is 60.9 Å². The lowest BCUT2D eigenvalue weighted by molar-refractivity contribution is -0.394. The van der Waals surface area contributed by atoms with Crippen LogP contribution in [-0.2, 0) is 6.54 Å². The molecule has 0 saturated carbocycles. The Morgan fingerprint density at radius 2 is 1.54 bits per heavy atom. The number of anilines is 1. The molecule has 37 heavy (non-hydrogen) atoms. The van der Waals surface area contributed by atoms with Crippen LogP contribution in [0.1, 0.15) is 40.2 Å². The molecule has 1 fully saturated rings. The average Bonchev–Trinajstić information content (AvgIpc) is 2.91. The van der Waals surface area contributed by atoms with Crippen LogP contribution in [0.5, 0.6) is 0 Å². The van der Waals surface area contributed by atoms with E-state index in [1.165, 1.54) is 12.1 Å². The predicted molar refractivity (Wildman–Crippen MR) is 132 cm³/mol. The van der Waals surface area contributed by atoms with Gasteiger partial charge in [-0.25, -0.2) is 4.39 Å². The molecule has 188 valence electrons. The first-order valence-corrected chi connectivity index (χ1v) is 11.5. The predicted octanol–water partition coefficient (Wildman–Crippen LogP) is 5.34. The van der Waals surface area contributed by atoms with Crippen molar-refractivity contribution in [1.29, 1.82) is 0 Å². The Morgan fingerprint density at radius 1 is 0.946 bits per heavy atom. The number of amides is 1. The van der Waals surface area contributed by atoms with Crippen molar-refractivity contribution in [3.63, 3.8) is 0 Å². The van der Waals surface area contributed by atoms with E-state index < -0.39 is 27.1 Å². The van der Waals surface area contributed by atoms with E-state index in [2.05, 4.69) is 20.0 Å². The number of hydrogen-bond donors (Lipinski definition) is 0. The number of non-ortho nitro benzene ring substituents is 2. The second-order valence-electron chi connectivity index (χ2n) is 8.53. The maximum atomic E-state index is 13.2. The summed E-state index contributed by atoms with van der Waals surface area (Å²) in [6, 6.07) is 17.0. The first kappa shape index (κ1) is 25.3. The number of nitrogens with zero attached hydrogens (tertiary/aromatic N) is 6. The standard InChI is InChI=1S/C25H22FN6O5/c26-21-5-3-18(4-6-21)19-9-11-30(12-10-19)22-7-1-17(2-8-22)16-27-29-28-25(33)20-13-23(31(34)35)15-24(14-20)32(36)37/h1-8,13-15,19H,9-12,16H2/q+1. The van der Waals surface area contributed by atoms with Gasteiger partial charge >= 0.3 is 5.91 Å². The highest BCUT2D eigenvalue weighted by Gasteiger charge is 2.22. The maximum absolute atomic E-state index is 13.2. The highest BCUT2D eigenvalue weighted by atomic mass is 19.1. The molecule has 1 aliphatic rings. The Morgan fingerprint density at radius 3 is 2.11 bits per heavy atom. The fraction of sp³-hybridized carbons (Fsp3) is 0.240. The van der Waals surface area contributed by atoms with Gasteiger partial charge in [0.1, 0.15) is 17.5 Å². The molecule has 0 aliphatic carbocycles. The number of benzene rings is 3. The van der Waals surface area contributed by atoms with Crippen LogP contribution in [0, 0.1) is 26.0 Å². The Balaban J connectivity index is 1.33. The first-order chi connectivity index (χ1) is 17.8. The molecule has 0 atom stereocenters. The molecular formula is C25H22FN6O5+. The van der Waals surface area contributed by atoms with E-state index in [4.69, 9.17) is 0 Å². The zero-order valence-electron chi connectivity index (χ0n) is 19.6. The third kappa shape index (κ3) is 6.44. The Bertz CT molecular complexity index is 1350. The van der Waals surface area contributed by atoms with Crippen molar-refractivity contribution in [1.82, 2.24) is 4.91 Å². The summed E-state index contributed by atoms with van der Waals surface area (Å²) in [5.41, 5.74) is 1.56. The van der Waals surface area contributed by atoms with Gasteiger partial charge < -0.3 is 4.90 Å². The fourth-order valence-electron chi connectivity index (χ4n) is 4.19. The number of carbonyl (C=O) groups excluding carboxylic acids is 1. The molecule has 0 aromatic heterocycles. The fourth-order valence-corrected chi connectivity index (χ4v) is 4.19. The lowest BCUT2D eigenvalue weighted by atomic mass is 9.89. The second-order valence-corrected chi connectivity index (χ2v) is 8.53. The normalized spacial score (nSPS) is 13.5. The minimum atomic E-state index is -0.977. The third-order valence-corrected chi connectivity index (χ3v) is 6.16. The minimum Gasteiger partial charge on any atom is -0.371 e. The number of rotatable bonds is 7. The lowest BCUT2D eigenvalue weighted by Crippen LogP contribution is -2.32. The van der Waals surface area contributed by atoms with Crippen molar-refractivity contribution in [2.45, 2.75) is 25.3 Å². The number of nitro benzene ring substituents is 2. The van der Waals surface area contributed by atoms with Gasteiger partial charge in [0.2, 0.25) is 10.0 Å². The molecule has 0 N–H and O–H groups in total. The Hall–Kier alpha value is -4.83. The highest BCUT2D eigenvalue weighted by Crippen LogP contribution is 2.30. The summed E-state index contributed by atoms with van der Waals surface area (Å²) in [7, 11) is 0. The molecule has 3 aromatic carbocycles. The number of piperidine rings is 1. The first-order valence-electron chi connectivity index (χ1n) is 11.5. The summed E-state index contributed by atoms with van der Waals surface area (Å²) in [4.78, 5) is 38.2. The van der Waals surface area contributed by atoms with E-state index in [9.17, 15) is 29.4 Å². The van der Waals surface area contributed by atoms with Crippen LogP contribution < -0.4 is 9.81 Å². The highest BCUT2D eigenvalue weighted by molar-refractivity contribution is 5.95. The monoisotopic (exact) mass is 505 g/mol. The number of nitro groups is 2. The smallest absolute Gasteiger partial charge is 0.361 e. The zero-order chi connectivity index (χ0) is 26.4. The van der Waals surface area contributed by atoms with Crippen molar-refractivity contribution in [3.05, 3.63) is 109 Å². The number of carbonyl (C=O) groups is 1. The maximum Gasteiger partial charge on any atom is 0.361 e. The van der Waals surface area contributed by atoms with Crippen molar-refractivity contribution >= 4 is 23.0 Å². The molecule has 12 heteroatoms. The largest absolute Gasteiger partial charge is 0.371 e. The summed E-state index contributed by atoms with van der Waals surface area (Å²) < 4.78 is 13.2. The van der Waals surface area contributed by atoms with Crippen LogP contribution in [-0.4, -0.2) is 28.8 Å². The Kier molecular flexibility index (Phi) is 7.70. The Labute approximate surface area is 210 Å². The van der Waals surface area contributed by atoms with E-state index in [1.54, 1.807) is 0 Å². The van der Waals surface area contributed by atoms with Gasteiger partial charge in [-0.15, -0.1) is 0 Å². The summed E-state index contributed by atoms with van der Waals surface area (Å²) in [5, 5.41) is 29.1. The van der Waals surface area contributed by atoms with Crippen molar-refractivity contribution in [2.75, 3.05) is 18.0 Å². The SMILES string of the molecule is O=C(N=[N+]=NCc1ccc(N2CCC(c3ccc(F)cc3)CC2)cc1)c1cc([N+](=O)[O-])cc([N+](=O)[O-])c1. The van der Waals surface area contributed by atoms with Gasteiger partial charge in [0, 0.05) is 30.9 Å². The molecule has 11 nitrogen and oxygen atoms in total. The molecule has 1 saturated heterocycles. The molecule has 0 bridgehead atoms. The molecule has 1 amide bonds. The van der Waals surface area contributed by atoms with E-state index >= 15 is 0 Å². The van der Waals surface area contributed by atoms with Crippen LogP contribution in [0.15, 0.2) is 77.0 Å². The van der Waals surface area contributed by atoms with Crippen molar-refractivity contribution in [2.24, 2.45) is 10.2 Å². The molecule has 1 aliphatic heterocycles. The zero-order valence-corrected chi connectivity index (χ0v) is 19.6. The minimum absolute atomic E-state index is 0.152. The lowest BCUT2D eigenvalue weighted by Gasteiger charge is -2.34. The van der Waals surface area contributed by atoms with E-state index in [1.807, 2.05) is 36.4 Å². The molecule has 3 aromatic rings. The van der Waals surface area contributed by atoms with Crippen LogP contribution in [0.25, 0.3) is 0 Å². The quantitative estimate of drug-likeness (QED) is 0.183. The van der Waals surface area contributed by atoms with E-state index in [-0.39, 0.29) is 17.9 Å². The number of halogens is 1.